The number of nitrogens with one attached hydrogen (secondary N) is 1. The predicted octanol–water partition coefficient (Wildman–Crippen LogP) is 2.33. The molecule has 2 heterocycles. The first-order valence-electron chi connectivity index (χ1n) is 5.79. The van der Waals surface area contributed by atoms with E-state index in [1.54, 1.807) is 24.2 Å². The van der Waals surface area contributed by atoms with E-state index in [9.17, 15) is 0 Å². The van der Waals surface area contributed by atoms with Gasteiger partial charge in [0.25, 0.3) is 0 Å². The Morgan fingerprint density at radius 1 is 1.37 bits per heavy atom. The van der Waals surface area contributed by atoms with Crippen molar-refractivity contribution in [2.45, 2.75) is 30.0 Å². The summed E-state index contributed by atoms with van der Waals surface area (Å²) in [6.07, 6.45) is 4.33. The third kappa shape index (κ3) is 5.18. The molecule has 2 rings (SSSR count). The zero-order valence-electron chi connectivity index (χ0n) is 10.9. The van der Waals surface area contributed by atoms with E-state index in [4.69, 9.17) is 4.52 Å². The van der Waals surface area contributed by atoms with Crippen LogP contribution in [0.25, 0.3) is 0 Å². The summed E-state index contributed by atoms with van der Waals surface area (Å²) in [4.78, 5) is 9.48. The number of thioether (sulfide) groups is 1. The number of likely N-dealkylation sites (N-methyl/N-ethyl adjacent to an activating group) is 1. The van der Waals surface area contributed by atoms with Gasteiger partial charge in [-0.3, -0.25) is 4.98 Å². The smallest absolute Gasteiger partial charge is 0.237 e. The van der Waals surface area contributed by atoms with Gasteiger partial charge in [-0.1, -0.05) is 5.16 Å². The van der Waals surface area contributed by atoms with Crippen molar-refractivity contribution in [3.05, 3.63) is 36.2 Å². The van der Waals surface area contributed by atoms with E-state index in [0.29, 0.717) is 17.7 Å². The van der Waals surface area contributed by atoms with Gasteiger partial charge in [-0.15, -0.1) is 24.2 Å². The van der Waals surface area contributed by atoms with Crippen LogP contribution in [-0.4, -0.2) is 28.2 Å². The van der Waals surface area contributed by atoms with E-state index in [-0.39, 0.29) is 12.4 Å². The van der Waals surface area contributed by atoms with Gasteiger partial charge in [0.05, 0.1) is 5.75 Å². The maximum absolute atomic E-state index is 5.21. The highest BCUT2D eigenvalue weighted by Crippen LogP contribution is 2.20. The standard InChI is InChI=1S/C12H16N4OS.ClH/c1-9(13-2)7-11-15-12(17-16-11)8-18-10-3-5-14-6-4-10;/h3-6,9,13H,7-8H2,1-2H3;1H. The van der Waals surface area contributed by atoms with Gasteiger partial charge in [-0.2, -0.15) is 4.98 Å². The van der Waals surface area contributed by atoms with Crippen molar-refractivity contribution in [2.75, 3.05) is 7.05 Å². The average Bonchev–Trinajstić information content (AvgIpc) is 2.85. The van der Waals surface area contributed by atoms with Crippen molar-refractivity contribution < 1.29 is 4.52 Å². The average molecular weight is 301 g/mol. The molecule has 1 atom stereocenters. The second-order valence-corrected chi connectivity index (χ2v) is 5.02. The summed E-state index contributed by atoms with van der Waals surface area (Å²) in [5.41, 5.74) is 0. The number of pyridine rings is 1. The Bertz CT molecular complexity index is 480. The topological polar surface area (TPSA) is 63.8 Å². The quantitative estimate of drug-likeness (QED) is 0.826. The van der Waals surface area contributed by atoms with Gasteiger partial charge in [-0.25, -0.2) is 0 Å². The minimum Gasteiger partial charge on any atom is -0.338 e. The van der Waals surface area contributed by atoms with E-state index >= 15 is 0 Å². The fourth-order valence-corrected chi connectivity index (χ4v) is 2.11. The third-order valence-electron chi connectivity index (χ3n) is 2.50. The highest BCUT2D eigenvalue weighted by atomic mass is 35.5. The molecule has 0 amide bonds. The zero-order chi connectivity index (χ0) is 12.8. The Kier molecular flexibility index (Phi) is 6.83. The van der Waals surface area contributed by atoms with Crippen LogP contribution in [-0.2, 0) is 12.2 Å². The summed E-state index contributed by atoms with van der Waals surface area (Å²) < 4.78 is 5.21. The number of halogens is 1. The fraction of sp³-hybridized carbons (Fsp3) is 0.417. The van der Waals surface area contributed by atoms with Gasteiger partial charge in [0.15, 0.2) is 5.82 Å². The molecule has 1 N–H and O–H groups in total. The summed E-state index contributed by atoms with van der Waals surface area (Å²) in [6, 6.07) is 4.28. The molecule has 5 nitrogen and oxygen atoms in total. The maximum Gasteiger partial charge on any atom is 0.237 e. The number of rotatable bonds is 6. The van der Waals surface area contributed by atoms with Crippen molar-refractivity contribution in [3.63, 3.8) is 0 Å². The maximum atomic E-state index is 5.21. The first-order chi connectivity index (χ1) is 8.78. The molecule has 104 valence electrons. The van der Waals surface area contributed by atoms with Crippen molar-refractivity contribution in [2.24, 2.45) is 0 Å². The van der Waals surface area contributed by atoms with E-state index in [2.05, 4.69) is 27.4 Å². The minimum absolute atomic E-state index is 0. The molecule has 0 bridgehead atoms. The van der Waals surface area contributed by atoms with Gasteiger partial charge in [0.1, 0.15) is 0 Å². The monoisotopic (exact) mass is 300 g/mol. The lowest BCUT2D eigenvalue weighted by atomic mass is 10.2. The molecular formula is C12H17ClN4OS. The van der Waals surface area contributed by atoms with E-state index in [1.807, 2.05) is 19.2 Å². The second kappa shape index (κ2) is 8.14. The molecule has 0 aromatic carbocycles. The second-order valence-electron chi connectivity index (χ2n) is 3.97. The van der Waals surface area contributed by atoms with Crippen molar-refractivity contribution in [3.8, 4) is 0 Å². The van der Waals surface area contributed by atoms with E-state index in [0.717, 1.165) is 17.1 Å². The van der Waals surface area contributed by atoms with Gasteiger partial charge >= 0.3 is 0 Å². The summed E-state index contributed by atoms with van der Waals surface area (Å²) >= 11 is 1.66. The van der Waals surface area contributed by atoms with Gasteiger partial charge in [0.2, 0.25) is 5.89 Å². The Morgan fingerprint density at radius 2 is 2.11 bits per heavy atom. The van der Waals surface area contributed by atoms with Crippen LogP contribution in [0.15, 0.2) is 33.9 Å². The molecule has 0 spiro atoms. The third-order valence-corrected chi connectivity index (χ3v) is 3.50. The van der Waals surface area contributed by atoms with Gasteiger partial charge in [0, 0.05) is 29.8 Å². The summed E-state index contributed by atoms with van der Waals surface area (Å²) in [7, 11) is 1.92. The Labute approximate surface area is 123 Å². The first kappa shape index (κ1) is 15.9. The van der Waals surface area contributed by atoms with Crippen LogP contribution in [0.1, 0.15) is 18.6 Å². The highest BCUT2D eigenvalue weighted by Gasteiger charge is 2.09. The Balaban J connectivity index is 0.00000180. The summed E-state index contributed by atoms with van der Waals surface area (Å²) in [5.74, 6) is 2.10. The molecule has 0 saturated carbocycles. The normalized spacial score (nSPS) is 11.9. The fourth-order valence-electron chi connectivity index (χ4n) is 1.39. The van der Waals surface area contributed by atoms with Crippen LogP contribution in [0.3, 0.4) is 0 Å². The molecule has 19 heavy (non-hydrogen) atoms. The lowest BCUT2D eigenvalue weighted by Crippen LogP contribution is -2.24. The molecule has 0 aliphatic carbocycles. The molecule has 7 heteroatoms. The first-order valence-corrected chi connectivity index (χ1v) is 6.78. The largest absolute Gasteiger partial charge is 0.338 e. The van der Waals surface area contributed by atoms with E-state index < -0.39 is 0 Å². The van der Waals surface area contributed by atoms with Gasteiger partial charge < -0.3 is 9.84 Å². The summed E-state index contributed by atoms with van der Waals surface area (Å²) in [6.45, 7) is 2.09. The molecule has 1 unspecified atom stereocenters. The zero-order valence-corrected chi connectivity index (χ0v) is 12.5. The lowest BCUT2D eigenvalue weighted by Gasteiger charge is -2.04. The van der Waals surface area contributed by atoms with Crippen LogP contribution in [0.5, 0.6) is 0 Å². The predicted molar refractivity (Wildman–Crippen MR) is 77.6 cm³/mol. The van der Waals surface area contributed by atoms with Crippen molar-refractivity contribution >= 4 is 24.2 Å². The number of hydrogen-bond donors (Lipinski definition) is 1. The summed E-state index contributed by atoms with van der Waals surface area (Å²) in [5, 5.41) is 7.11. The number of aromatic nitrogens is 3. The molecule has 2 aromatic rings. The van der Waals surface area contributed by atoms with Crippen molar-refractivity contribution in [1.82, 2.24) is 20.4 Å². The molecule has 2 aromatic heterocycles. The molecular weight excluding hydrogens is 284 g/mol. The number of hydrogen-bond acceptors (Lipinski definition) is 6. The molecule has 0 radical (unpaired) electrons. The lowest BCUT2D eigenvalue weighted by molar-refractivity contribution is 0.382. The molecule has 0 aliphatic rings. The SMILES string of the molecule is CNC(C)Cc1noc(CSc2ccncc2)n1.Cl. The van der Waals surface area contributed by atoms with Crippen LogP contribution in [0.4, 0.5) is 0 Å². The van der Waals surface area contributed by atoms with Crippen LogP contribution in [0.2, 0.25) is 0 Å². The van der Waals surface area contributed by atoms with Crippen LogP contribution in [0, 0.1) is 0 Å². The van der Waals surface area contributed by atoms with Crippen LogP contribution >= 0.6 is 24.2 Å². The van der Waals surface area contributed by atoms with Crippen molar-refractivity contribution in [1.29, 1.82) is 0 Å². The molecule has 0 fully saturated rings. The van der Waals surface area contributed by atoms with E-state index in [1.165, 1.54) is 0 Å². The van der Waals surface area contributed by atoms with Crippen LogP contribution < -0.4 is 5.32 Å². The van der Waals surface area contributed by atoms with Gasteiger partial charge in [-0.05, 0) is 26.1 Å². The minimum atomic E-state index is 0. The Morgan fingerprint density at radius 3 is 2.79 bits per heavy atom. The highest BCUT2D eigenvalue weighted by molar-refractivity contribution is 7.98. The Hall–Kier alpha value is -1.11. The number of nitrogens with zero attached hydrogens (tertiary/aromatic N) is 3. The molecule has 0 saturated heterocycles. The molecule has 0 aliphatic heterocycles.